The Bertz CT molecular complexity index is 245. The minimum atomic E-state index is -4.57. The minimum Gasteiger partial charge on any atom is -0.382 e. The average Bonchev–Trinajstić information content (AvgIpc) is 2.15. The molecule has 6 heteroatoms. The number of aliphatic hydroxyl groups is 1. The van der Waals surface area contributed by atoms with Gasteiger partial charge in [-0.15, -0.1) is 0 Å². The zero-order valence-electron chi connectivity index (χ0n) is 9.43. The van der Waals surface area contributed by atoms with Crippen LogP contribution in [0.25, 0.3) is 0 Å². The van der Waals surface area contributed by atoms with Gasteiger partial charge in [-0.1, -0.05) is 0 Å². The Morgan fingerprint density at radius 2 is 1.94 bits per heavy atom. The molecule has 2 N–H and O–H groups in total. The summed E-state index contributed by atoms with van der Waals surface area (Å²) in [5, 5.41) is 19.8. The fourth-order valence-corrected chi connectivity index (χ4v) is 1.07. The van der Waals surface area contributed by atoms with Crippen molar-refractivity contribution in [3.05, 3.63) is 0 Å². The average molecular weight is 238 g/mol. The number of aliphatic hydroxyl groups excluding tert-OH is 1. The van der Waals surface area contributed by atoms with E-state index in [9.17, 15) is 13.2 Å². The maximum Gasteiger partial charge on any atom is 0.415 e. The van der Waals surface area contributed by atoms with Crippen molar-refractivity contribution in [2.24, 2.45) is 5.41 Å². The van der Waals surface area contributed by atoms with Crippen molar-refractivity contribution in [2.45, 2.75) is 39.0 Å². The van der Waals surface area contributed by atoms with E-state index in [1.165, 1.54) is 0 Å². The molecule has 0 saturated carbocycles. The van der Waals surface area contributed by atoms with Gasteiger partial charge in [0.25, 0.3) is 0 Å². The Hall–Kier alpha value is -0.800. The van der Waals surface area contributed by atoms with Gasteiger partial charge in [-0.25, -0.2) is 0 Å². The van der Waals surface area contributed by atoms with Crippen molar-refractivity contribution in [2.75, 3.05) is 13.1 Å². The number of alkyl halides is 3. The molecule has 3 nitrogen and oxygen atoms in total. The number of hydrogen-bond donors (Lipinski definition) is 2. The molecule has 1 unspecified atom stereocenters. The van der Waals surface area contributed by atoms with Crippen molar-refractivity contribution in [3.8, 4) is 6.07 Å². The fourth-order valence-electron chi connectivity index (χ4n) is 1.07. The number of rotatable bonds is 6. The molecule has 0 spiro atoms. The zero-order chi connectivity index (χ0) is 12.8. The van der Waals surface area contributed by atoms with Gasteiger partial charge in [0.2, 0.25) is 0 Å². The van der Waals surface area contributed by atoms with Crippen LogP contribution in [0.5, 0.6) is 0 Å². The van der Waals surface area contributed by atoms with E-state index in [-0.39, 0.29) is 0 Å². The molecule has 0 aromatic carbocycles. The smallest absolute Gasteiger partial charge is 0.382 e. The van der Waals surface area contributed by atoms with Crippen LogP contribution in [-0.2, 0) is 0 Å². The van der Waals surface area contributed by atoms with Crippen LogP contribution in [0.3, 0.4) is 0 Å². The van der Waals surface area contributed by atoms with E-state index < -0.39 is 24.2 Å². The number of nitrogens with one attached hydrogen (secondary N) is 1. The van der Waals surface area contributed by atoms with Gasteiger partial charge < -0.3 is 10.4 Å². The molecule has 0 aromatic rings. The van der Waals surface area contributed by atoms with Crippen molar-refractivity contribution < 1.29 is 18.3 Å². The molecule has 0 heterocycles. The summed E-state index contributed by atoms with van der Waals surface area (Å²) in [5.74, 6) is 0. The van der Waals surface area contributed by atoms with E-state index in [2.05, 4.69) is 11.4 Å². The van der Waals surface area contributed by atoms with Gasteiger partial charge >= 0.3 is 6.18 Å². The van der Waals surface area contributed by atoms with Crippen LogP contribution < -0.4 is 5.32 Å². The van der Waals surface area contributed by atoms with Crippen LogP contribution in [-0.4, -0.2) is 30.5 Å². The first-order valence-electron chi connectivity index (χ1n) is 5.06. The molecule has 1 atom stereocenters. The second kappa shape index (κ2) is 6.06. The summed E-state index contributed by atoms with van der Waals surface area (Å²) in [6, 6.07) is 2.11. The van der Waals surface area contributed by atoms with Crippen molar-refractivity contribution >= 4 is 0 Å². The lowest BCUT2D eigenvalue weighted by Crippen LogP contribution is -2.38. The second-order valence-corrected chi connectivity index (χ2v) is 4.36. The maximum atomic E-state index is 11.9. The molecular formula is C10H17F3N2O. The molecule has 0 aromatic heterocycles. The molecule has 0 amide bonds. The summed E-state index contributed by atoms with van der Waals surface area (Å²) >= 11 is 0. The molecule has 0 saturated heterocycles. The van der Waals surface area contributed by atoms with Crippen LogP contribution in [0.15, 0.2) is 0 Å². The third-order valence-corrected chi connectivity index (χ3v) is 2.17. The highest BCUT2D eigenvalue weighted by molar-refractivity contribution is 4.91. The molecule has 0 radical (unpaired) electrons. The van der Waals surface area contributed by atoms with E-state index in [0.29, 0.717) is 19.4 Å². The molecule has 0 fully saturated rings. The van der Waals surface area contributed by atoms with E-state index in [4.69, 9.17) is 10.4 Å². The summed E-state index contributed by atoms with van der Waals surface area (Å²) in [6.45, 7) is 3.41. The Morgan fingerprint density at radius 3 is 2.38 bits per heavy atom. The Morgan fingerprint density at radius 1 is 1.38 bits per heavy atom. The third kappa shape index (κ3) is 6.64. The Labute approximate surface area is 93.3 Å². The summed E-state index contributed by atoms with van der Waals surface area (Å²) in [7, 11) is 0. The highest BCUT2D eigenvalue weighted by Gasteiger charge is 2.37. The Balaban J connectivity index is 3.60. The molecule has 0 rings (SSSR count). The van der Waals surface area contributed by atoms with Crippen LogP contribution >= 0.6 is 0 Å². The lowest BCUT2D eigenvalue weighted by atomic mass is 9.90. The van der Waals surface area contributed by atoms with Crippen LogP contribution in [0.1, 0.15) is 26.7 Å². The van der Waals surface area contributed by atoms with E-state index in [1.807, 2.05) is 0 Å². The zero-order valence-corrected chi connectivity index (χ0v) is 9.43. The van der Waals surface area contributed by atoms with Crippen molar-refractivity contribution in [3.63, 3.8) is 0 Å². The van der Waals surface area contributed by atoms with Gasteiger partial charge in [-0.3, -0.25) is 0 Å². The van der Waals surface area contributed by atoms with Gasteiger partial charge in [0.15, 0.2) is 6.10 Å². The normalized spacial score (nSPS) is 14.6. The summed E-state index contributed by atoms with van der Waals surface area (Å²) in [4.78, 5) is 0. The van der Waals surface area contributed by atoms with Gasteiger partial charge in [0.05, 0.1) is 11.5 Å². The molecule has 94 valence electrons. The van der Waals surface area contributed by atoms with Crippen molar-refractivity contribution in [1.29, 1.82) is 5.26 Å². The number of hydrogen-bond acceptors (Lipinski definition) is 3. The second-order valence-electron chi connectivity index (χ2n) is 4.36. The number of nitriles is 1. The van der Waals surface area contributed by atoms with Gasteiger partial charge in [-0.05, 0) is 33.2 Å². The predicted octanol–water partition coefficient (Wildman–Crippen LogP) is 1.83. The summed E-state index contributed by atoms with van der Waals surface area (Å²) in [6.07, 6.45) is -5.68. The van der Waals surface area contributed by atoms with Gasteiger partial charge in [0, 0.05) is 6.54 Å². The first-order valence-corrected chi connectivity index (χ1v) is 5.06. The highest BCUT2D eigenvalue weighted by atomic mass is 19.4. The monoisotopic (exact) mass is 238 g/mol. The first kappa shape index (κ1) is 15.2. The first-order chi connectivity index (χ1) is 7.19. The molecule has 0 bridgehead atoms. The van der Waals surface area contributed by atoms with E-state index in [1.54, 1.807) is 13.8 Å². The maximum absolute atomic E-state index is 11.9. The van der Waals surface area contributed by atoms with E-state index >= 15 is 0 Å². The molecule has 16 heavy (non-hydrogen) atoms. The van der Waals surface area contributed by atoms with Crippen LogP contribution in [0.4, 0.5) is 13.2 Å². The van der Waals surface area contributed by atoms with E-state index in [0.717, 1.165) is 0 Å². The number of nitrogens with zero attached hydrogens (tertiary/aromatic N) is 1. The van der Waals surface area contributed by atoms with Crippen LogP contribution in [0, 0.1) is 16.7 Å². The lowest BCUT2D eigenvalue weighted by Gasteiger charge is -2.17. The summed E-state index contributed by atoms with van der Waals surface area (Å²) in [5.41, 5.74) is -0.454. The minimum absolute atomic E-state index is 0.359. The molecule has 0 aliphatic carbocycles. The SMILES string of the molecule is CC(C)(C#N)CCCNCC(O)C(F)(F)F. The number of halogens is 3. The topological polar surface area (TPSA) is 56.0 Å². The quantitative estimate of drug-likeness (QED) is 0.694. The van der Waals surface area contributed by atoms with Crippen LogP contribution in [0.2, 0.25) is 0 Å². The van der Waals surface area contributed by atoms with Gasteiger partial charge in [-0.2, -0.15) is 18.4 Å². The summed E-state index contributed by atoms with van der Waals surface area (Å²) < 4.78 is 35.6. The van der Waals surface area contributed by atoms with Gasteiger partial charge in [0.1, 0.15) is 0 Å². The molecular weight excluding hydrogens is 221 g/mol. The molecule has 0 aliphatic rings. The predicted molar refractivity (Wildman–Crippen MR) is 53.6 cm³/mol. The Kier molecular flexibility index (Phi) is 5.76. The third-order valence-electron chi connectivity index (χ3n) is 2.17. The molecule has 0 aliphatic heterocycles. The lowest BCUT2D eigenvalue weighted by molar-refractivity contribution is -0.201. The standard InChI is InChI=1S/C10H17F3N2O/c1-9(2,7-14)4-3-5-15-6-8(16)10(11,12)13/h8,15-16H,3-6H2,1-2H3. The van der Waals surface area contributed by atoms with Crippen molar-refractivity contribution in [1.82, 2.24) is 5.32 Å². The highest BCUT2D eigenvalue weighted by Crippen LogP contribution is 2.20. The fraction of sp³-hybridized carbons (Fsp3) is 0.900. The largest absolute Gasteiger partial charge is 0.415 e.